The van der Waals surface area contributed by atoms with Crippen molar-refractivity contribution in [3.05, 3.63) is 12.2 Å². The van der Waals surface area contributed by atoms with E-state index in [0.29, 0.717) is 0 Å². The number of nitrogens with zero attached hydrogens (tertiary/aromatic N) is 1. The molecule has 1 heterocycles. The smallest absolute Gasteiger partial charge is 0.410 e. The molecule has 118 valence electrons. The molecule has 0 aromatic carbocycles. The van der Waals surface area contributed by atoms with Gasteiger partial charge in [0, 0.05) is 18.4 Å². The van der Waals surface area contributed by atoms with Gasteiger partial charge in [-0.2, -0.15) is 0 Å². The number of carbonyl (C=O) groups excluding carboxylic acids is 3. The second-order valence-electron chi connectivity index (χ2n) is 4.99. The third-order valence-corrected chi connectivity index (χ3v) is 3.77. The van der Waals surface area contributed by atoms with Gasteiger partial charge in [-0.1, -0.05) is 12.2 Å². The summed E-state index contributed by atoms with van der Waals surface area (Å²) in [5.41, 5.74) is 0.782. The summed E-state index contributed by atoms with van der Waals surface area (Å²) in [5.74, 6) is -1.68. The predicted molar refractivity (Wildman–Crippen MR) is 73.3 cm³/mol. The van der Waals surface area contributed by atoms with Crippen LogP contribution in [-0.4, -0.2) is 56.8 Å². The summed E-state index contributed by atoms with van der Waals surface area (Å²) < 4.78 is 14.1. The minimum Gasteiger partial charge on any atom is -0.469 e. The molecular weight excluding hydrogens is 278 g/mol. The summed E-state index contributed by atoms with van der Waals surface area (Å²) in [4.78, 5) is 36.8. The van der Waals surface area contributed by atoms with E-state index >= 15 is 0 Å². The monoisotopic (exact) mass is 299 g/mol. The van der Waals surface area contributed by atoms with Gasteiger partial charge < -0.3 is 14.2 Å². The van der Waals surface area contributed by atoms with Gasteiger partial charge in [0.05, 0.1) is 27.8 Å². The van der Waals surface area contributed by atoms with Crippen LogP contribution in [-0.2, 0) is 23.8 Å². The molecule has 0 aliphatic carbocycles. The average Bonchev–Trinajstić information content (AvgIpc) is 2.84. The van der Waals surface area contributed by atoms with E-state index in [2.05, 4.69) is 11.3 Å². The minimum absolute atomic E-state index is 0.00128. The van der Waals surface area contributed by atoms with E-state index in [1.807, 2.05) is 0 Å². The number of carbonyl (C=O) groups is 3. The lowest BCUT2D eigenvalue weighted by Gasteiger charge is -2.24. The number of rotatable bonds is 4. The van der Waals surface area contributed by atoms with Crippen molar-refractivity contribution in [1.29, 1.82) is 0 Å². The lowest BCUT2D eigenvalue weighted by molar-refractivity contribution is -0.148. The Morgan fingerprint density at radius 1 is 1.14 bits per heavy atom. The van der Waals surface area contributed by atoms with Crippen molar-refractivity contribution in [2.45, 2.75) is 19.4 Å². The van der Waals surface area contributed by atoms with Crippen LogP contribution in [0.25, 0.3) is 0 Å². The molecule has 1 rings (SSSR count). The Bertz CT molecular complexity index is 447. The van der Waals surface area contributed by atoms with E-state index < -0.39 is 30.0 Å². The van der Waals surface area contributed by atoms with Gasteiger partial charge in [0.15, 0.2) is 0 Å². The van der Waals surface area contributed by atoms with E-state index in [-0.39, 0.29) is 18.9 Å². The standard InChI is InChI=1S/C14H21NO6/c1-8(2)10-7-15(14(18)21-5)12(13(17)20-4)9(10)6-11(16)19-3/h9-10,12H,1,6-7H2,2-5H3/t9-,10-,12-/m1/s1. The molecule has 7 nitrogen and oxygen atoms in total. The summed E-state index contributed by atoms with van der Waals surface area (Å²) >= 11 is 0. The van der Waals surface area contributed by atoms with Gasteiger partial charge in [0.1, 0.15) is 6.04 Å². The van der Waals surface area contributed by atoms with Crippen LogP contribution in [0.5, 0.6) is 0 Å². The van der Waals surface area contributed by atoms with Crippen LogP contribution < -0.4 is 0 Å². The van der Waals surface area contributed by atoms with Gasteiger partial charge in [0.25, 0.3) is 0 Å². The van der Waals surface area contributed by atoms with Crippen LogP contribution >= 0.6 is 0 Å². The van der Waals surface area contributed by atoms with Crippen molar-refractivity contribution in [2.75, 3.05) is 27.9 Å². The minimum atomic E-state index is -0.886. The van der Waals surface area contributed by atoms with Gasteiger partial charge in [-0.3, -0.25) is 9.69 Å². The molecule has 0 bridgehead atoms. The molecule has 0 aromatic heterocycles. The third-order valence-electron chi connectivity index (χ3n) is 3.77. The van der Waals surface area contributed by atoms with Gasteiger partial charge in [-0.25, -0.2) is 9.59 Å². The first-order chi connectivity index (χ1) is 9.87. The first-order valence-electron chi connectivity index (χ1n) is 6.52. The maximum Gasteiger partial charge on any atom is 0.410 e. The fourth-order valence-corrected chi connectivity index (χ4v) is 2.69. The molecule has 7 heteroatoms. The topological polar surface area (TPSA) is 82.1 Å². The molecule has 3 atom stereocenters. The highest BCUT2D eigenvalue weighted by molar-refractivity contribution is 5.83. The summed E-state index contributed by atoms with van der Waals surface area (Å²) in [6.07, 6.45) is -0.634. The Kier molecular flexibility index (Phi) is 5.75. The molecule has 0 radical (unpaired) electrons. The van der Waals surface area contributed by atoms with Gasteiger partial charge in [0.2, 0.25) is 0 Å². The first-order valence-corrected chi connectivity index (χ1v) is 6.52. The number of esters is 2. The summed E-state index contributed by atoms with van der Waals surface area (Å²) in [5, 5.41) is 0. The van der Waals surface area contributed by atoms with Crippen molar-refractivity contribution in [3.8, 4) is 0 Å². The molecule has 0 unspecified atom stereocenters. The Balaban J connectivity index is 3.15. The fourth-order valence-electron chi connectivity index (χ4n) is 2.69. The van der Waals surface area contributed by atoms with Crippen molar-refractivity contribution in [1.82, 2.24) is 4.90 Å². The van der Waals surface area contributed by atoms with Crippen LogP contribution in [0.3, 0.4) is 0 Å². The van der Waals surface area contributed by atoms with Crippen molar-refractivity contribution in [3.63, 3.8) is 0 Å². The first kappa shape index (κ1) is 17.0. The van der Waals surface area contributed by atoms with E-state index in [1.54, 1.807) is 6.92 Å². The second-order valence-corrected chi connectivity index (χ2v) is 4.99. The van der Waals surface area contributed by atoms with Gasteiger partial charge >= 0.3 is 18.0 Å². The highest BCUT2D eigenvalue weighted by atomic mass is 16.5. The number of hydrogen-bond donors (Lipinski definition) is 0. The summed E-state index contributed by atoms with van der Waals surface area (Å²) in [6, 6.07) is -0.886. The second kappa shape index (κ2) is 7.10. The van der Waals surface area contributed by atoms with Gasteiger partial charge in [-0.15, -0.1) is 0 Å². The Hall–Kier alpha value is -2.05. The Morgan fingerprint density at radius 3 is 2.19 bits per heavy atom. The molecular formula is C14H21NO6. The quantitative estimate of drug-likeness (QED) is 0.437. The van der Waals surface area contributed by atoms with Crippen LogP contribution in [0, 0.1) is 11.8 Å². The number of ether oxygens (including phenoxy) is 3. The van der Waals surface area contributed by atoms with E-state index in [0.717, 1.165) is 5.57 Å². The largest absolute Gasteiger partial charge is 0.469 e. The predicted octanol–water partition coefficient (Wildman–Crippen LogP) is 0.982. The zero-order valence-corrected chi connectivity index (χ0v) is 12.8. The lowest BCUT2D eigenvalue weighted by Crippen LogP contribution is -2.44. The average molecular weight is 299 g/mol. The normalized spacial score (nSPS) is 24.4. The van der Waals surface area contributed by atoms with E-state index in [1.165, 1.54) is 26.2 Å². The van der Waals surface area contributed by atoms with E-state index in [4.69, 9.17) is 9.47 Å². The maximum atomic E-state index is 12.0. The molecule has 0 N–H and O–H groups in total. The Morgan fingerprint density at radius 2 is 1.76 bits per heavy atom. The zero-order chi connectivity index (χ0) is 16.2. The molecule has 21 heavy (non-hydrogen) atoms. The highest BCUT2D eigenvalue weighted by Gasteiger charge is 2.49. The third kappa shape index (κ3) is 3.53. The Labute approximate surface area is 123 Å². The zero-order valence-electron chi connectivity index (χ0n) is 12.8. The van der Waals surface area contributed by atoms with Crippen LogP contribution in [0.4, 0.5) is 4.79 Å². The molecule has 0 spiro atoms. The summed E-state index contributed by atoms with van der Waals surface area (Å²) in [7, 11) is 3.75. The van der Waals surface area contributed by atoms with E-state index in [9.17, 15) is 14.4 Å². The molecule has 0 saturated carbocycles. The number of methoxy groups -OCH3 is 3. The fraction of sp³-hybridized carbons (Fsp3) is 0.643. The summed E-state index contributed by atoms with van der Waals surface area (Å²) in [6.45, 7) is 5.93. The molecule has 1 saturated heterocycles. The molecule has 1 fully saturated rings. The van der Waals surface area contributed by atoms with Crippen molar-refractivity contribution < 1.29 is 28.6 Å². The van der Waals surface area contributed by atoms with Crippen LogP contribution in [0.15, 0.2) is 12.2 Å². The molecule has 0 aromatic rings. The molecule has 1 amide bonds. The van der Waals surface area contributed by atoms with Gasteiger partial charge in [-0.05, 0) is 6.92 Å². The SMILES string of the molecule is C=C(C)[C@H]1CN(C(=O)OC)[C@@H](C(=O)OC)[C@@H]1CC(=O)OC. The number of amides is 1. The van der Waals surface area contributed by atoms with Crippen molar-refractivity contribution in [2.24, 2.45) is 11.8 Å². The maximum absolute atomic E-state index is 12.0. The molecule has 1 aliphatic heterocycles. The van der Waals surface area contributed by atoms with Crippen LogP contribution in [0.2, 0.25) is 0 Å². The van der Waals surface area contributed by atoms with Crippen LogP contribution in [0.1, 0.15) is 13.3 Å². The number of hydrogen-bond acceptors (Lipinski definition) is 6. The number of likely N-dealkylation sites (tertiary alicyclic amines) is 1. The van der Waals surface area contributed by atoms with Crippen molar-refractivity contribution >= 4 is 18.0 Å². The molecule has 1 aliphatic rings. The lowest BCUT2D eigenvalue weighted by atomic mass is 9.84. The highest BCUT2D eigenvalue weighted by Crippen LogP contribution is 2.37.